The Labute approximate surface area is 304 Å². The predicted octanol–water partition coefficient (Wildman–Crippen LogP) is -0.450. The van der Waals surface area contributed by atoms with Crippen LogP contribution in [0.25, 0.3) is 28.4 Å². The van der Waals surface area contributed by atoms with Gasteiger partial charge in [0, 0.05) is 23.8 Å². The molecule has 18 heteroatoms. The van der Waals surface area contributed by atoms with E-state index < -0.39 is 109 Å². The average molecular weight is 757 g/mol. The van der Waals surface area contributed by atoms with Gasteiger partial charge < -0.3 is 79.2 Å². The highest BCUT2D eigenvalue weighted by Crippen LogP contribution is 2.39. The molecule has 10 N–H and O–H groups in total. The first kappa shape index (κ1) is 38.4. The van der Waals surface area contributed by atoms with Crippen molar-refractivity contribution in [2.24, 2.45) is 0 Å². The molecule has 2 fully saturated rings. The van der Waals surface area contributed by atoms with E-state index in [4.69, 9.17) is 28.1 Å². The molecule has 3 heterocycles. The van der Waals surface area contributed by atoms with Gasteiger partial charge in [-0.25, -0.2) is 4.79 Å². The second-order valence-corrected chi connectivity index (χ2v) is 12.4. The Kier molecular flexibility index (Phi) is 11.4. The van der Waals surface area contributed by atoms with Crippen molar-refractivity contribution in [1.82, 2.24) is 0 Å². The first-order valence-corrected chi connectivity index (χ1v) is 16.4. The van der Waals surface area contributed by atoms with Crippen LogP contribution in [0.3, 0.4) is 0 Å². The Morgan fingerprint density at radius 1 is 0.722 bits per heavy atom. The van der Waals surface area contributed by atoms with Crippen LogP contribution in [-0.2, 0) is 23.7 Å². The van der Waals surface area contributed by atoms with Crippen LogP contribution in [0.5, 0.6) is 28.7 Å². The van der Waals surface area contributed by atoms with Crippen molar-refractivity contribution in [2.45, 2.75) is 61.4 Å². The van der Waals surface area contributed by atoms with Crippen molar-refractivity contribution in [3.63, 3.8) is 0 Å². The van der Waals surface area contributed by atoms with Gasteiger partial charge in [-0.3, -0.25) is 4.79 Å². The van der Waals surface area contributed by atoms with Gasteiger partial charge in [0.25, 0.3) is 0 Å². The van der Waals surface area contributed by atoms with Crippen LogP contribution in [0.1, 0.15) is 5.56 Å². The number of aromatic hydroxyl groups is 4. The van der Waals surface area contributed by atoms with E-state index in [1.165, 1.54) is 54.6 Å². The van der Waals surface area contributed by atoms with Gasteiger partial charge in [0.05, 0.1) is 13.2 Å². The van der Waals surface area contributed by atoms with E-state index in [9.17, 15) is 60.7 Å². The number of rotatable bonds is 10. The number of esters is 1. The first-order valence-electron chi connectivity index (χ1n) is 16.4. The summed E-state index contributed by atoms with van der Waals surface area (Å²) in [4.78, 5) is 27.4. The fraction of sp³-hybridized carbons (Fsp3) is 0.333. The second-order valence-electron chi connectivity index (χ2n) is 12.4. The largest absolute Gasteiger partial charge is 0.508 e. The Hall–Kier alpha value is -5.28. The van der Waals surface area contributed by atoms with E-state index in [0.29, 0.717) is 5.56 Å². The van der Waals surface area contributed by atoms with Crippen LogP contribution in [-0.4, -0.2) is 132 Å². The molecule has 10 atom stereocenters. The van der Waals surface area contributed by atoms with Gasteiger partial charge >= 0.3 is 5.97 Å². The van der Waals surface area contributed by atoms with Crippen LogP contribution in [0.4, 0.5) is 0 Å². The molecule has 6 rings (SSSR count). The first-order chi connectivity index (χ1) is 25.8. The average Bonchev–Trinajstić information content (AvgIpc) is 3.14. The van der Waals surface area contributed by atoms with Crippen LogP contribution >= 0.6 is 0 Å². The molecule has 0 aliphatic carbocycles. The molecule has 2 saturated heterocycles. The predicted molar refractivity (Wildman–Crippen MR) is 181 cm³/mol. The van der Waals surface area contributed by atoms with Gasteiger partial charge in [0.1, 0.15) is 76.7 Å². The monoisotopic (exact) mass is 756 g/mol. The Morgan fingerprint density at radius 3 is 1.98 bits per heavy atom. The summed E-state index contributed by atoms with van der Waals surface area (Å²) in [6.45, 7) is -1.76. The van der Waals surface area contributed by atoms with Gasteiger partial charge in [0.2, 0.25) is 17.5 Å². The summed E-state index contributed by atoms with van der Waals surface area (Å²) in [5, 5.41) is 102. The van der Waals surface area contributed by atoms with Gasteiger partial charge in [-0.1, -0.05) is 12.1 Å². The number of hydrogen-bond donors (Lipinski definition) is 10. The molecule has 54 heavy (non-hydrogen) atoms. The number of carbonyl (C=O) groups is 1. The minimum atomic E-state index is -2.00. The number of carbonyl (C=O) groups excluding carboxylic acids is 1. The Morgan fingerprint density at radius 2 is 1.33 bits per heavy atom. The number of phenols is 4. The van der Waals surface area contributed by atoms with Crippen LogP contribution in [0.15, 0.2) is 76.0 Å². The van der Waals surface area contributed by atoms with Gasteiger partial charge in [-0.2, -0.15) is 0 Å². The highest BCUT2D eigenvalue weighted by Gasteiger charge is 2.53. The number of aliphatic hydroxyl groups excluding tert-OH is 6. The summed E-state index contributed by atoms with van der Waals surface area (Å²) >= 11 is 0. The Bertz CT molecular complexity index is 2030. The SMILES string of the molecule is O=C(/C=C/c1ccc(O)cc1)O[C@H]1[C@H](Oc2c(-c3ccc(O)cc3)oc3cc(O)cc(O)c3c2=O)O[C@H](CO)[C@@H](O)[C@@H]1O[C@H]1O[C@@H](CO)[C@H](O)[C@@H](O)[C@@H]1O. The zero-order valence-corrected chi connectivity index (χ0v) is 27.9. The number of hydrogen-bond acceptors (Lipinski definition) is 18. The molecule has 0 bridgehead atoms. The fourth-order valence-corrected chi connectivity index (χ4v) is 5.97. The van der Waals surface area contributed by atoms with E-state index in [1.54, 1.807) is 0 Å². The number of benzene rings is 3. The highest BCUT2D eigenvalue weighted by molar-refractivity contribution is 5.88. The van der Waals surface area contributed by atoms with E-state index in [0.717, 1.165) is 18.2 Å². The third kappa shape index (κ3) is 7.82. The minimum absolute atomic E-state index is 0.0374. The molecule has 288 valence electrons. The van der Waals surface area contributed by atoms with Crippen LogP contribution in [0.2, 0.25) is 0 Å². The third-order valence-electron chi connectivity index (χ3n) is 8.78. The number of fused-ring (bicyclic) bond motifs is 1. The molecule has 0 amide bonds. The number of aliphatic hydroxyl groups is 6. The lowest BCUT2D eigenvalue weighted by Crippen LogP contribution is -2.66. The van der Waals surface area contributed by atoms with E-state index in [1.807, 2.05) is 0 Å². The van der Waals surface area contributed by atoms with Crippen molar-refractivity contribution in [3.05, 3.63) is 82.5 Å². The van der Waals surface area contributed by atoms with E-state index in [2.05, 4.69) is 0 Å². The van der Waals surface area contributed by atoms with Crippen molar-refractivity contribution in [1.29, 1.82) is 0 Å². The summed E-state index contributed by atoms with van der Waals surface area (Å²) in [6.07, 6.45) is -16.1. The molecule has 0 saturated carbocycles. The number of phenolic OH excluding ortho intramolecular Hbond substituents is 4. The Balaban J connectivity index is 1.45. The van der Waals surface area contributed by atoms with Crippen LogP contribution in [0, 0.1) is 0 Å². The zero-order chi connectivity index (χ0) is 38.8. The maximum Gasteiger partial charge on any atom is 0.331 e. The molecule has 2 aliphatic rings. The standard InChI is InChI=1S/C36H36O18/c37-13-22-26(44)29(47)30(48)35(50-22)53-32-27(45)23(14-38)51-36(34(32)52-24(43)10-3-15-1-6-17(39)7-2-15)54-33-28(46)25-20(42)11-19(41)12-21(25)49-31(33)16-4-8-18(40)9-5-16/h1-12,22-23,26-27,29-30,32,34-42,44-45,47-48H,13-14H2/b10-3+/t22-,23+,26-,27+,29+,30-,32-,34+,35+,36-/m0/s1. The van der Waals surface area contributed by atoms with Crippen molar-refractivity contribution in [3.8, 4) is 40.1 Å². The van der Waals surface area contributed by atoms with Gasteiger partial charge in [-0.15, -0.1) is 0 Å². The molecule has 0 spiro atoms. The van der Waals surface area contributed by atoms with E-state index in [-0.39, 0.29) is 28.4 Å². The minimum Gasteiger partial charge on any atom is -0.508 e. The smallest absolute Gasteiger partial charge is 0.331 e. The fourth-order valence-electron chi connectivity index (χ4n) is 5.97. The molecule has 2 aliphatic heterocycles. The lowest BCUT2D eigenvalue weighted by Gasteiger charge is -2.46. The van der Waals surface area contributed by atoms with Crippen molar-refractivity contribution in [2.75, 3.05) is 13.2 Å². The molecule has 3 aromatic carbocycles. The molecule has 1 aromatic heterocycles. The van der Waals surface area contributed by atoms with Gasteiger partial charge in [-0.05, 0) is 48.0 Å². The maximum atomic E-state index is 14.1. The quantitative estimate of drug-likeness (QED) is 0.0724. The zero-order valence-electron chi connectivity index (χ0n) is 27.9. The summed E-state index contributed by atoms with van der Waals surface area (Å²) in [6, 6.07) is 12.8. The van der Waals surface area contributed by atoms with Crippen molar-refractivity contribution < 1.29 is 84.0 Å². The van der Waals surface area contributed by atoms with Gasteiger partial charge in [0.15, 0.2) is 18.2 Å². The molecule has 18 nitrogen and oxygen atoms in total. The van der Waals surface area contributed by atoms with Crippen molar-refractivity contribution >= 4 is 23.0 Å². The topological polar surface area (TPSA) is 296 Å². The lowest BCUT2D eigenvalue weighted by molar-refractivity contribution is -0.353. The molecule has 0 radical (unpaired) electrons. The maximum absolute atomic E-state index is 14.1. The summed E-state index contributed by atoms with van der Waals surface area (Å²) in [5.41, 5.74) is -0.744. The number of ether oxygens (including phenoxy) is 5. The molecule has 0 unspecified atom stereocenters. The highest BCUT2D eigenvalue weighted by atomic mass is 16.7. The summed E-state index contributed by atoms with van der Waals surface area (Å²) in [5.74, 6) is -3.49. The summed E-state index contributed by atoms with van der Waals surface area (Å²) < 4.78 is 34.8. The summed E-state index contributed by atoms with van der Waals surface area (Å²) in [7, 11) is 0. The molecular formula is C36H36O18. The second kappa shape index (κ2) is 16.0. The molecular weight excluding hydrogens is 720 g/mol. The lowest BCUT2D eigenvalue weighted by atomic mass is 9.96. The third-order valence-corrected chi connectivity index (χ3v) is 8.78. The van der Waals surface area contributed by atoms with Crippen LogP contribution < -0.4 is 10.2 Å². The molecule has 4 aromatic rings. The van der Waals surface area contributed by atoms with E-state index >= 15 is 0 Å². The normalized spacial score (nSPS) is 28.6.